The van der Waals surface area contributed by atoms with Crippen molar-refractivity contribution in [2.45, 2.75) is 24.7 Å². The van der Waals surface area contributed by atoms with E-state index in [1.165, 1.54) is 35.1 Å². The van der Waals surface area contributed by atoms with Crippen LogP contribution in [0, 0.1) is 5.82 Å². The number of halogens is 4. The highest BCUT2D eigenvalue weighted by atomic mass is 19.4. The molecule has 0 fully saturated rings. The van der Waals surface area contributed by atoms with Crippen LogP contribution in [-0.2, 0) is 12.7 Å². The fraction of sp³-hybridized carbons (Fsp3) is 0.174. The first kappa shape index (κ1) is 20.9. The van der Waals surface area contributed by atoms with E-state index < -0.39 is 40.7 Å². The van der Waals surface area contributed by atoms with Crippen LogP contribution in [0.2, 0.25) is 0 Å². The maximum atomic E-state index is 13.6. The van der Waals surface area contributed by atoms with E-state index >= 15 is 0 Å². The Hall–Kier alpha value is -3.95. The summed E-state index contributed by atoms with van der Waals surface area (Å²) in [6.45, 7) is 0.306. The Kier molecular flexibility index (Phi) is 4.80. The third-order valence-corrected chi connectivity index (χ3v) is 5.82. The molecule has 0 aliphatic carbocycles. The zero-order valence-electron chi connectivity index (χ0n) is 16.9. The lowest BCUT2D eigenvalue weighted by Crippen LogP contribution is -2.32. The van der Waals surface area contributed by atoms with E-state index in [2.05, 4.69) is 10.1 Å². The van der Waals surface area contributed by atoms with Crippen LogP contribution in [-0.4, -0.2) is 24.4 Å². The lowest BCUT2D eigenvalue weighted by molar-refractivity contribution is -0.137. The fourth-order valence-electron chi connectivity index (χ4n) is 4.30. The van der Waals surface area contributed by atoms with Crippen LogP contribution in [0.25, 0.3) is 11.5 Å². The molecule has 3 heterocycles. The molecule has 0 amide bonds. The second kappa shape index (κ2) is 7.58. The molecule has 33 heavy (non-hydrogen) atoms. The van der Waals surface area contributed by atoms with Crippen LogP contribution >= 0.6 is 0 Å². The first-order valence-electron chi connectivity index (χ1n) is 9.99. The minimum Gasteiger partial charge on any atom is -0.503 e. The van der Waals surface area contributed by atoms with Crippen molar-refractivity contribution >= 4 is 0 Å². The molecule has 0 saturated carbocycles. The number of imidazole rings is 1. The van der Waals surface area contributed by atoms with Gasteiger partial charge in [-0.3, -0.25) is 9.48 Å². The molecule has 4 aromatic rings. The Morgan fingerprint density at radius 1 is 1.03 bits per heavy atom. The van der Waals surface area contributed by atoms with Crippen LogP contribution < -0.4 is 5.43 Å². The van der Waals surface area contributed by atoms with Gasteiger partial charge in [0.25, 0.3) is 0 Å². The van der Waals surface area contributed by atoms with Crippen molar-refractivity contribution in [1.29, 1.82) is 0 Å². The number of alkyl halides is 3. The molecule has 0 unspecified atom stereocenters. The SMILES string of the molecule is O=c1cnn2c(c1O)-c1nccn1C[C@@H]2[C@@H](c1ccc(F)cc1)c1ccc(C(F)(F)F)cc1. The molecule has 2 aromatic heterocycles. The summed E-state index contributed by atoms with van der Waals surface area (Å²) in [5, 5.41) is 14.7. The Morgan fingerprint density at radius 3 is 2.30 bits per heavy atom. The van der Waals surface area contributed by atoms with Gasteiger partial charge in [-0.15, -0.1) is 0 Å². The minimum atomic E-state index is -4.49. The highest BCUT2D eigenvalue weighted by Gasteiger charge is 2.36. The Morgan fingerprint density at radius 2 is 1.67 bits per heavy atom. The summed E-state index contributed by atoms with van der Waals surface area (Å²) in [4.78, 5) is 16.3. The van der Waals surface area contributed by atoms with E-state index in [4.69, 9.17) is 0 Å². The first-order chi connectivity index (χ1) is 15.7. The average Bonchev–Trinajstić information content (AvgIpc) is 3.26. The molecule has 0 bridgehead atoms. The molecular weight excluding hydrogens is 440 g/mol. The first-order valence-corrected chi connectivity index (χ1v) is 9.99. The number of fused-ring (bicyclic) bond motifs is 3. The van der Waals surface area contributed by atoms with Crippen molar-refractivity contribution in [3.8, 4) is 17.3 Å². The molecule has 1 aliphatic heterocycles. The Balaban J connectivity index is 1.71. The number of hydrogen-bond acceptors (Lipinski definition) is 4. The molecule has 2 aromatic carbocycles. The number of rotatable bonds is 3. The van der Waals surface area contributed by atoms with Crippen LogP contribution in [0.4, 0.5) is 17.6 Å². The highest BCUT2D eigenvalue weighted by Crippen LogP contribution is 2.43. The molecule has 6 nitrogen and oxygen atoms in total. The molecular formula is C23H16F4N4O2. The predicted octanol–water partition coefficient (Wildman–Crippen LogP) is 4.36. The predicted molar refractivity (Wildman–Crippen MR) is 110 cm³/mol. The Labute approximate surface area is 184 Å². The van der Waals surface area contributed by atoms with Crippen molar-refractivity contribution in [3.05, 3.63) is 99.9 Å². The molecule has 10 heteroatoms. The van der Waals surface area contributed by atoms with Gasteiger partial charge >= 0.3 is 6.18 Å². The molecule has 0 radical (unpaired) electrons. The van der Waals surface area contributed by atoms with Crippen LogP contribution in [0.3, 0.4) is 0 Å². The fourth-order valence-corrected chi connectivity index (χ4v) is 4.30. The van der Waals surface area contributed by atoms with E-state index in [1.54, 1.807) is 22.9 Å². The van der Waals surface area contributed by atoms with E-state index in [1.807, 2.05) is 0 Å². The quantitative estimate of drug-likeness (QED) is 0.465. The summed E-state index contributed by atoms with van der Waals surface area (Å²) < 4.78 is 56.2. The molecule has 168 valence electrons. The lowest BCUT2D eigenvalue weighted by Gasteiger charge is -2.34. The lowest BCUT2D eigenvalue weighted by atomic mass is 9.83. The molecule has 1 aliphatic rings. The standard InChI is InChI=1S/C23H16F4N4O2/c24-16-7-3-14(4-8-16)19(13-1-5-15(6-2-13)23(25,26)27)17-12-30-10-9-28-22(30)20-21(33)18(32)11-29-31(17)20/h1-11,17,19,33H,12H2/t17-,19-/m1/s1. The van der Waals surface area contributed by atoms with Crippen LogP contribution in [0.15, 0.2) is 71.9 Å². The van der Waals surface area contributed by atoms with Gasteiger partial charge in [0.05, 0.1) is 17.8 Å². The Bertz CT molecular complexity index is 1380. The van der Waals surface area contributed by atoms with Gasteiger partial charge in [-0.25, -0.2) is 9.37 Å². The maximum absolute atomic E-state index is 13.6. The summed E-state index contributed by atoms with van der Waals surface area (Å²) in [5.74, 6) is -1.20. The van der Waals surface area contributed by atoms with Gasteiger partial charge in [-0.05, 0) is 35.4 Å². The van der Waals surface area contributed by atoms with Crippen molar-refractivity contribution in [3.63, 3.8) is 0 Å². The van der Waals surface area contributed by atoms with Gasteiger partial charge in [-0.2, -0.15) is 18.3 Å². The normalized spacial score (nSPS) is 16.2. The third-order valence-electron chi connectivity index (χ3n) is 5.82. The van der Waals surface area contributed by atoms with Crippen molar-refractivity contribution in [2.24, 2.45) is 0 Å². The zero-order valence-corrected chi connectivity index (χ0v) is 16.9. The number of hydrogen-bond donors (Lipinski definition) is 1. The second-order valence-corrected chi connectivity index (χ2v) is 7.77. The highest BCUT2D eigenvalue weighted by molar-refractivity contribution is 5.60. The van der Waals surface area contributed by atoms with E-state index in [-0.39, 0.29) is 5.69 Å². The summed E-state index contributed by atoms with van der Waals surface area (Å²) >= 11 is 0. The largest absolute Gasteiger partial charge is 0.503 e. The van der Waals surface area contributed by atoms with Crippen LogP contribution in [0.1, 0.15) is 28.7 Å². The van der Waals surface area contributed by atoms with Crippen LogP contribution in [0.5, 0.6) is 5.75 Å². The van der Waals surface area contributed by atoms with Gasteiger partial charge < -0.3 is 9.67 Å². The molecule has 2 atom stereocenters. The summed E-state index contributed by atoms with van der Waals surface area (Å²) in [6, 6.07) is 9.85. The average molecular weight is 456 g/mol. The number of nitrogens with zero attached hydrogens (tertiary/aromatic N) is 4. The third kappa shape index (κ3) is 3.57. The van der Waals surface area contributed by atoms with Gasteiger partial charge in [0.1, 0.15) is 11.5 Å². The number of benzene rings is 2. The monoisotopic (exact) mass is 456 g/mol. The minimum absolute atomic E-state index is 0.114. The molecule has 0 saturated heterocycles. The van der Waals surface area contributed by atoms with Crippen molar-refractivity contribution < 1.29 is 22.7 Å². The topological polar surface area (TPSA) is 72.9 Å². The summed E-state index contributed by atoms with van der Waals surface area (Å²) in [5.41, 5.74) is -0.179. The summed E-state index contributed by atoms with van der Waals surface area (Å²) in [7, 11) is 0. The van der Waals surface area contributed by atoms with E-state index in [9.17, 15) is 27.5 Å². The van der Waals surface area contributed by atoms with E-state index in [0.717, 1.165) is 18.3 Å². The van der Waals surface area contributed by atoms with Gasteiger partial charge in [0.15, 0.2) is 11.6 Å². The number of aromatic hydroxyl groups is 1. The van der Waals surface area contributed by atoms with Gasteiger partial charge in [0, 0.05) is 24.9 Å². The van der Waals surface area contributed by atoms with Gasteiger partial charge in [0.2, 0.25) is 5.43 Å². The second-order valence-electron chi connectivity index (χ2n) is 7.77. The molecule has 1 N–H and O–H groups in total. The van der Waals surface area contributed by atoms with Gasteiger partial charge in [-0.1, -0.05) is 24.3 Å². The maximum Gasteiger partial charge on any atom is 0.416 e. The molecule has 5 rings (SSSR count). The number of aromatic nitrogens is 4. The van der Waals surface area contributed by atoms with Crippen molar-refractivity contribution in [2.75, 3.05) is 0 Å². The van der Waals surface area contributed by atoms with Crippen molar-refractivity contribution in [1.82, 2.24) is 19.3 Å². The smallest absolute Gasteiger partial charge is 0.416 e. The molecule has 0 spiro atoms. The van der Waals surface area contributed by atoms with E-state index in [0.29, 0.717) is 23.5 Å². The summed E-state index contributed by atoms with van der Waals surface area (Å²) in [6.07, 6.45) is -0.306. The zero-order chi connectivity index (χ0) is 23.3.